The first kappa shape index (κ1) is 13.4. The Morgan fingerprint density at radius 1 is 1.22 bits per heavy atom. The number of anilines is 1. The number of hydrogen-bond acceptors (Lipinski definition) is 2. The van der Waals surface area contributed by atoms with Crippen molar-refractivity contribution in [2.24, 2.45) is 0 Å². The molecule has 18 heavy (non-hydrogen) atoms. The van der Waals surface area contributed by atoms with Crippen molar-refractivity contribution in [1.82, 2.24) is 5.32 Å². The molecule has 1 aromatic rings. The monoisotopic (exact) mass is 246 g/mol. The molecule has 0 spiro atoms. The predicted octanol–water partition coefficient (Wildman–Crippen LogP) is 3.58. The van der Waals surface area contributed by atoms with Crippen LogP contribution in [-0.4, -0.2) is 19.1 Å². The summed E-state index contributed by atoms with van der Waals surface area (Å²) >= 11 is 0. The third kappa shape index (κ3) is 4.34. The Morgan fingerprint density at radius 2 is 2.06 bits per heavy atom. The van der Waals surface area contributed by atoms with Crippen LogP contribution in [0.4, 0.5) is 5.69 Å². The molecule has 0 amide bonds. The predicted molar refractivity (Wildman–Crippen MR) is 79.2 cm³/mol. The van der Waals surface area contributed by atoms with Crippen molar-refractivity contribution < 1.29 is 0 Å². The van der Waals surface area contributed by atoms with Crippen molar-refractivity contribution in [3.05, 3.63) is 29.8 Å². The summed E-state index contributed by atoms with van der Waals surface area (Å²) in [5.41, 5.74) is 2.70. The van der Waals surface area contributed by atoms with E-state index in [1.54, 1.807) is 0 Å². The van der Waals surface area contributed by atoms with Crippen molar-refractivity contribution >= 4 is 5.69 Å². The lowest BCUT2D eigenvalue weighted by Crippen LogP contribution is -2.35. The number of nitrogens with one attached hydrogen (secondary N) is 2. The molecule has 1 aliphatic heterocycles. The van der Waals surface area contributed by atoms with Gasteiger partial charge in [0.05, 0.1) is 0 Å². The molecule has 1 fully saturated rings. The van der Waals surface area contributed by atoms with E-state index < -0.39 is 0 Å². The third-order valence-corrected chi connectivity index (χ3v) is 3.73. The summed E-state index contributed by atoms with van der Waals surface area (Å²) in [6, 6.07) is 9.62. The Bertz CT molecular complexity index is 325. The summed E-state index contributed by atoms with van der Waals surface area (Å²) in [4.78, 5) is 0. The van der Waals surface area contributed by atoms with Crippen LogP contribution in [0.25, 0.3) is 0 Å². The molecule has 1 heterocycles. The minimum Gasteiger partial charge on any atom is -0.385 e. The zero-order chi connectivity index (χ0) is 12.6. The van der Waals surface area contributed by atoms with Crippen LogP contribution in [0.3, 0.4) is 0 Å². The number of rotatable bonds is 6. The highest BCUT2D eigenvalue weighted by molar-refractivity contribution is 5.44. The van der Waals surface area contributed by atoms with Crippen LogP contribution in [0, 0.1) is 0 Å². The van der Waals surface area contributed by atoms with Crippen LogP contribution in [-0.2, 0) is 6.42 Å². The molecule has 0 radical (unpaired) electrons. The van der Waals surface area contributed by atoms with Crippen molar-refractivity contribution in [1.29, 1.82) is 0 Å². The Kier molecular flexibility index (Phi) is 5.53. The standard InChI is InChI=1S/C16H26N2/c1-2-5-14-7-9-16(10-8-14)18-13-11-15-6-3-4-12-17-15/h7-10,15,17-18H,2-6,11-13H2,1H3. The molecule has 100 valence electrons. The zero-order valence-corrected chi connectivity index (χ0v) is 11.5. The van der Waals surface area contributed by atoms with Gasteiger partial charge in [-0.1, -0.05) is 31.9 Å². The molecule has 1 saturated heterocycles. The van der Waals surface area contributed by atoms with Crippen LogP contribution < -0.4 is 10.6 Å². The lowest BCUT2D eigenvalue weighted by atomic mass is 10.0. The van der Waals surface area contributed by atoms with E-state index in [2.05, 4.69) is 41.8 Å². The van der Waals surface area contributed by atoms with Gasteiger partial charge < -0.3 is 10.6 Å². The smallest absolute Gasteiger partial charge is 0.0340 e. The van der Waals surface area contributed by atoms with E-state index in [9.17, 15) is 0 Å². The molecule has 1 atom stereocenters. The molecule has 1 aromatic carbocycles. The molecule has 2 heteroatoms. The van der Waals surface area contributed by atoms with Gasteiger partial charge in [0, 0.05) is 18.3 Å². The largest absolute Gasteiger partial charge is 0.385 e. The minimum absolute atomic E-state index is 0.727. The average Bonchev–Trinajstić information content (AvgIpc) is 2.42. The van der Waals surface area contributed by atoms with Gasteiger partial charge in [-0.2, -0.15) is 0 Å². The van der Waals surface area contributed by atoms with E-state index in [0.29, 0.717) is 0 Å². The van der Waals surface area contributed by atoms with Gasteiger partial charge in [-0.15, -0.1) is 0 Å². The van der Waals surface area contributed by atoms with Gasteiger partial charge >= 0.3 is 0 Å². The summed E-state index contributed by atoms with van der Waals surface area (Å²) in [6.45, 7) is 4.50. The van der Waals surface area contributed by atoms with E-state index in [1.165, 1.54) is 56.3 Å². The van der Waals surface area contributed by atoms with E-state index in [-0.39, 0.29) is 0 Å². The molecule has 1 aliphatic rings. The van der Waals surface area contributed by atoms with E-state index in [0.717, 1.165) is 12.6 Å². The minimum atomic E-state index is 0.727. The lowest BCUT2D eigenvalue weighted by molar-refractivity contribution is 0.389. The molecular weight excluding hydrogens is 220 g/mol. The average molecular weight is 246 g/mol. The molecular formula is C16H26N2. The normalized spacial score (nSPS) is 19.7. The second-order valence-corrected chi connectivity index (χ2v) is 5.31. The van der Waals surface area contributed by atoms with Gasteiger partial charge in [0.1, 0.15) is 0 Å². The second kappa shape index (κ2) is 7.42. The molecule has 2 rings (SSSR count). The Hall–Kier alpha value is -1.02. The Balaban J connectivity index is 1.69. The fraction of sp³-hybridized carbons (Fsp3) is 0.625. The quantitative estimate of drug-likeness (QED) is 0.801. The van der Waals surface area contributed by atoms with Gasteiger partial charge in [0.2, 0.25) is 0 Å². The van der Waals surface area contributed by atoms with E-state index >= 15 is 0 Å². The Labute approximate surface area is 111 Å². The molecule has 0 aromatic heterocycles. The fourth-order valence-electron chi connectivity index (χ4n) is 2.64. The van der Waals surface area contributed by atoms with Gasteiger partial charge in [-0.3, -0.25) is 0 Å². The van der Waals surface area contributed by atoms with Crippen LogP contribution in [0.2, 0.25) is 0 Å². The number of hydrogen-bond donors (Lipinski definition) is 2. The highest BCUT2D eigenvalue weighted by atomic mass is 14.9. The summed E-state index contributed by atoms with van der Waals surface area (Å²) in [7, 11) is 0. The number of benzene rings is 1. The van der Waals surface area contributed by atoms with Crippen LogP contribution >= 0.6 is 0 Å². The molecule has 0 aliphatic carbocycles. The zero-order valence-electron chi connectivity index (χ0n) is 11.5. The molecule has 0 bridgehead atoms. The van der Waals surface area contributed by atoms with Crippen LogP contribution in [0.15, 0.2) is 24.3 Å². The SMILES string of the molecule is CCCc1ccc(NCCC2CCCCN2)cc1. The van der Waals surface area contributed by atoms with Gasteiger partial charge in [0.25, 0.3) is 0 Å². The first-order valence-electron chi connectivity index (χ1n) is 7.44. The van der Waals surface area contributed by atoms with Gasteiger partial charge in [-0.05, 0) is 49.9 Å². The van der Waals surface area contributed by atoms with Crippen molar-refractivity contribution in [2.45, 2.75) is 51.5 Å². The lowest BCUT2D eigenvalue weighted by Gasteiger charge is -2.23. The van der Waals surface area contributed by atoms with E-state index in [1.807, 2.05) is 0 Å². The van der Waals surface area contributed by atoms with Crippen LogP contribution in [0.5, 0.6) is 0 Å². The maximum Gasteiger partial charge on any atom is 0.0340 e. The van der Waals surface area contributed by atoms with Crippen molar-refractivity contribution in [3.8, 4) is 0 Å². The maximum atomic E-state index is 3.59. The van der Waals surface area contributed by atoms with Gasteiger partial charge in [0.15, 0.2) is 0 Å². The molecule has 2 nitrogen and oxygen atoms in total. The first-order valence-corrected chi connectivity index (χ1v) is 7.44. The highest BCUT2D eigenvalue weighted by Crippen LogP contribution is 2.13. The highest BCUT2D eigenvalue weighted by Gasteiger charge is 2.11. The summed E-state index contributed by atoms with van der Waals surface area (Å²) in [5, 5.41) is 7.11. The second-order valence-electron chi connectivity index (χ2n) is 5.31. The molecule has 0 saturated carbocycles. The van der Waals surface area contributed by atoms with E-state index in [4.69, 9.17) is 0 Å². The summed E-state index contributed by atoms with van der Waals surface area (Å²) in [6.07, 6.45) is 7.73. The van der Waals surface area contributed by atoms with Crippen molar-refractivity contribution in [3.63, 3.8) is 0 Å². The van der Waals surface area contributed by atoms with Gasteiger partial charge in [-0.25, -0.2) is 0 Å². The Morgan fingerprint density at radius 3 is 2.72 bits per heavy atom. The molecule has 2 N–H and O–H groups in total. The third-order valence-electron chi connectivity index (χ3n) is 3.73. The first-order chi connectivity index (χ1) is 8.88. The fourth-order valence-corrected chi connectivity index (χ4v) is 2.64. The summed E-state index contributed by atoms with van der Waals surface area (Å²) in [5.74, 6) is 0. The van der Waals surface area contributed by atoms with Crippen LogP contribution in [0.1, 0.15) is 44.6 Å². The molecule has 1 unspecified atom stereocenters. The number of piperidine rings is 1. The van der Waals surface area contributed by atoms with Crippen molar-refractivity contribution in [2.75, 3.05) is 18.4 Å². The summed E-state index contributed by atoms with van der Waals surface area (Å²) < 4.78 is 0. The maximum absolute atomic E-state index is 3.59. The topological polar surface area (TPSA) is 24.1 Å². The number of aryl methyl sites for hydroxylation is 1.